The lowest BCUT2D eigenvalue weighted by atomic mass is 9.98. The van der Waals surface area contributed by atoms with Gasteiger partial charge in [-0.25, -0.2) is 0 Å². The molecule has 0 aromatic heterocycles. The highest BCUT2D eigenvalue weighted by Gasteiger charge is 2.16. The Morgan fingerprint density at radius 3 is 1.64 bits per heavy atom. The molecule has 0 aliphatic heterocycles. The van der Waals surface area contributed by atoms with E-state index in [9.17, 15) is 0 Å². The summed E-state index contributed by atoms with van der Waals surface area (Å²) in [6, 6.07) is 0. The van der Waals surface area contributed by atoms with Crippen LogP contribution >= 0.6 is 0 Å². The Balaban J connectivity index is 2.27. The van der Waals surface area contributed by atoms with Gasteiger partial charge in [0.2, 0.25) is 0 Å². The lowest BCUT2D eigenvalue weighted by Crippen LogP contribution is -2.15. The van der Waals surface area contributed by atoms with Gasteiger partial charge in [0.1, 0.15) is 0 Å². The average molecular weight is 156 g/mol. The van der Waals surface area contributed by atoms with Crippen molar-refractivity contribution < 1.29 is 0 Å². The first-order valence-corrected chi connectivity index (χ1v) is 4.77. The number of hydrogen-bond donors (Lipinski definition) is 2. The molecule has 0 aromatic carbocycles. The van der Waals surface area contributed by atoms with Crippen LogP contribution in [0.25, 0.3) is 0 Å². The molecule has 0 amide bonds. The lowest BCUT2D eigenvalue weighted by Gasteiger charge is -2.11. The monoisotopic (exact) mass is 156 g/mol. The molecule has 2 heteroatoms. The molecule has 1 fully saturated rings. The third-order valence-electron chi connectivity index (χ3n) is 2.87. The van der Waals surface area contributed by atoms with Crippen LogP contribution in [0.4, 0.5) is 0 Å². The van der Waals surface area contributed by atoms with Crippen molar-refractivity contribution in [1.29, 1.82) is 0 Å². The second-order valence-electron chi connectivity index (χ2n) is 3.71. The van der Waals surface area contributed by atoms with E-state index in [0.717, 1.165) is 24.9 Å². The highest BCUT2D eigenvalue weighted by atomic mass is 14.6. The van der Waals surface area contributed by atoms with E-state index in [1.54, 1.807) is 0 Å². The topological polar surface area (TPSA) is 52.0 Å². The van der Waals surface area contributed by atoms with Crippen molar-refractivity contribution >= 4 is 0 Å². The van der Waals surface area contributed by atoms with Crippen molar-refractivity contribution in [2.45, 2.75) is 32.1 Å². The third kappa shape index (κ3) is 2.80. The quantitative estimate of drug-likeness (QED) is 0.588. The van der Waals surface area contributed by atoms with Crippen LogP contribution in [0.1, 0.15) is 32.1 Å². The summed E-state index contributed by atoms with van der Waals surface area (Å²) in [7, 11) is 0. The van der Waals surface area contributed by atoms with Gasteiger partial charge < -0.3 is 11.5 Å². The summed E-state index contributed by atoms with van der Waals surface area (Å²) in [6.45, 7) is 1.74. The van der Waals surface area contributed by atoms with Crippen molar-refractivity contribution in [3.8, 4) is 0 Å². The van der Waals surface area contributed by atoms with Gasteiger partial charge in [0, 0.05) is 0 Å². The summed E-state index contributed by atoms with van der Waals surface area (Å²) in [5.41, 5.74) is 11.3. The smallest absolute Gasteiger partial charge is 0.00489 e. The largest absolute Gasteiger partial charge is 0.330 e. The van der Waals surface area contributed by atoms with E-state index in [0.29, 0.717) is 0 Å². The predicted octanol–water partition coefficient (Wildman–Crippen LogP) is 1.10. The summed E-state index contributed by atoms with van der Waals surface area (Å²) < 4.78 is 0. The fraction of sp³-hybridized carbons (Fsp3) is 1.00. The molecule has 4 N–H and O–H groups in total. The van der Waals surface area contributed by atoms with Gasteiger partial charge in [0.25, 0.3) is 0 Å². The molecule has 2 nitrogen and oxygen atoms in total. The van der Waals surface area contributed by atoms with Crippen LogP contribution in [-0.2, 0) is 0 Å². The number of rotatable bonds is 2. The Bertz CT molecular complexity index is 91.7. The first-order valence-electron chi connectivity index (χ1n) is 4.77. The van der Waals surface area contributed by atoms with Gasteiger partial charge in [-0.1, -0.05) is 6.42 Å². The third-order valence-corrected chi connectivity index (χ3v) is 2.87. The van der Waals surface area contributed by atoms with Crippen molar-refractivity contribution in [1.82, 2.24) is 0 Å². The molecule has 0 radical (unpaired) electrons. The summed E-state index contributed by atoms with van der Waals surface area (Å²) in [5.74, 6) is 1.57. The molecule has 0 heterocycles. The minimum atomic E-state index is 0.784. The van der Waals surface area contributed by atoms with E-state index >= 15 is 0 Å². The van der Waals surface area contributed by atoms with Crippen molar-refractivity contribution in [2.75, 3.05) is 13.1 Å². The molecular weight excluding hydrogens is 136 g/mol. The Morgan fingerprint density at radius 2 is 1.27 bits per heavy atom. The van der Waals surface area contributed by atoms with Gasteiger partial charge in [0.15, 0.2) is 0 Å². The van der Waals surface area contributed by atoms with Crippen LogP contribution in [0, 0.1) is 11.8 Å². The van der Waals surface area contributed by atoms with Gasteiger partial charge in [-0.3, -0.25) is 0 Å². The van der Waals surface area contributed by atoms with E-state index in [1.165, 1.54) is 32.1 Å². The van der Waals surface area contributed by atoms with Crippen molar-refractivity contribution in [3.63, 3.8) is 0 Å². The molecule has 66 valence electrons. The summed E-state index contributed by atoms with van der Waals surface area (Å²) in [5, 5.41) is 0. The van der Waals surface area contributed by atoms with Crippen LogP contribution in [0.2, 0.25) is 0 Å². The average Bonchev–Trinajstić information content (AvgIpc) is 2.28. The first-order chi connectivity index (χ1) is 5.36. The summed E-state index contributed by atoms with van der Waals surface area (Å²) in [4.78, 5) is 0. The maximum atomic E-state index is 5.63. The maximum absolute atomic E-state index is 5.63. The Hall–Kier alpha value is -0.0800. The van der Waals surface area contributed by atoms with E-state index in [1.807, 2.05) is 0 Å². The Kier molecular flexibility index (Phi) is 3.87. The van der Waals surface area contributed by atoms with E-state index in [-0.39, 0.29) is 0 Å². The van der Waals surface area contributed by atoms with Gasteiger partial charge in [-0.15, -0.1) is 0 Å². The molecular formula is C9H20N2. The van der Waals surface area contributed by atoms with Crippen LogP contribution in [-0.4, -0.2) is 13.1 Å². The molecule has 1 aliphatic rings. The van der Waals surface area contributed by atoms with Gasteiger partial charge in [0.05, 0.1) is 0 Å². The second-order valence-corrected chi connectivity index (χ2v) is 3.71. The van der Waals surface area contributed by atoms with Crippen molar-refractivity contribution in [3.05, 3.63) is 0 Å². The molecule has 0 bridgehead atoms. The zero-order valence-corrected chi connectivity index (χ0v) is 7.26. The maximum Gasteiger partial charge on any atom is -0.00489 e. The SMILES string of the molecule is NCC1CCCC(CN)CC1. The van der Waals surface area contributed by atoms with Gasteiger partial charge in [-0.2, -0.15) is 0 Å². The highest BCUT2D eigenvalue weighted by Crippen LogP contribution is 2.25. The van der Waals surface area contributed by atoms with Gasteiger partial charge in [-0.05, 0) is 50.6 Å². The second kappa shape index (κ2) is 4.73. The minimum Gasteiger partial charge on any atom is -0.330 e. The van der Waals surface area contributed by atoms with Crippen molar-refractivity contribution in [2.24, 2.45) is 23.3 Å². The fourth-order valence-electron chi connectivity index (χ4n) is 1.93. The number of nitrogens with two attached hydrogens (primary N) is 2. The van der Waals surface area contributed by atoms with E-state index in [2.05, 4.69) is 0 Å². The van der Waals surface area contributed by atoms with Crippen LogP contribution in [0.3, 0.4) is 0 Å². The molecule has 0 saturated heterocycles. The molecule has 1 aliphatic carbocycles. The predicted molar refractivity (Wildman–Crippen MR) is 48.2 cm³/mol. The zero-order chi connectivity index (χ0) is 8.10. The van der Waals surface area contributed by atoms with Gasteiger partial charge >= 0.3 is 0 Å². The van der Waals surface area contributed by atoms with Crippen LogP contribution in [0.15, 0.2) is 0 Å². The number of hydrogen-bond acceptors (Lipinski definition) is 2. The standard InChI is InChI=1S/C9H20N2/c10-6-8-2-1-3-9(7-11)5-4-8/h8-9H,1-7,10-11H2. The molecule has 1 rings (SSSR count). The zero-order valence-electron chi connectivity index (χ0n) is 7.26. The Morgan fingerprint density at radius 1 is 0.818 bits per heavy atom. The van der Waals surface area contributed by atoms with E-state index < -0.39 is 0 Å². The van der Waals surface area contributed by atoms with Crippen LogP contribution in [0.5, 0.6) is 0 Å². The molecule has 2 unspecified atom stereocenters. The lowest BCUT2D eigenvalue weighted by molar-refractivity contribution is 0.441. The molecule has 0 spiro atoms. The summed E-state index contributed by atoms with van der Waals surface area (Å²) in [6.07, 6.45) is 6.60. The molecule has 1 saturated carbocycles. The van der Waals surface area contributed by atoms with E-state index in [4.69, 9.17) is 11.5 Å². The fourth-order valence-corrected chi connectivity index (χ4v) is 1.93. The molecule has 11 heavy (non-hydrogen) atoms. The first kappa shape index (κ1) is 9.01. The Labute approximate surface area is 69.3 Å². The van der Waals surface area contributed by atoms with Crippen LogP contribution < -0.4 is 11.5 Å². The summed E-state index contributed by atoms with van der Waals surface area (Å²) >= 11 is 0. The minimum absolute atomic E-state index is 0.784. The molecule has 0 aromatic rings. The highest BCUT2D eigenvalue weighted by molar-refractivity contribution is 4.71. The molecule has 2 atom stereocenters. The normalized spacial score (nSPS) is 33.3.